The highest BCUT2D eigenvalue weighted by Gasteiger charge is 2.15. The molecule has 100 valence electrons. The molecular formula is C11H17ClN4OS. The van der Waals surface area contributed by atoms with E-state index in [2.05, 4.69) is 15.7 Å². The summed E-state index contributed by atoms with van der Waals surface area (Å²) in [6, 6.07) is 0. The van der Waals surface area contributed by atoms with Crippen molar-refractivity contribution < 1.29 is 4.74 Å². The van der Waals surface area contributed by atoms with Gasteiger partial charge in [0.1, 0.15) is 0 Å². The van der Waals surface area contributed by atoms with Crippen LogP contribution in [-0.2, 0) is 18.3 Å². The number of ether oxygens (including phenoxy) is 1. The summed E-state index contributed by atoms with van der Waals surface area (Å²) < 4.78 is 7.24. The van der Waals surface area contributed by atoms with Crippen molar-refractivity contribution in [1.29, 1.82) is 0 Å². The van der Waals surface area contributed by atoms with Crippen LogP contribution in [-0.4, -0.2) is 34.1 Å². The summed E-state index contributed by atoms with van der Waals surface area (Å²) in [5.74, 6) is 0. The highest BCUT2D eigenvalue weighted by Crippen LogP contribution is 2.13. The minimum atomic E-state index is 0.282. The Labute approximate surface area is 117 Å². The molecule has 1 aromatic heterocycles. The lowest BCUT2D eigenvalue weighted by molar-refractivity contribution is 0.114. The summed E-state index contributed by atoms with van der Waals surface area (Å²) in [6.07, 6.45) is 4.15. The van der Waals surface area contributed by atoms with Crippen molar-refractivity contribution in [3.63, 3.8) is 0 Å². The summed E-state index contributed by atoms with van der Waals surface area (Å²) >= 11 is 11.2. The maximum absolute atomic E-state index is 6.00. The first-order chi connectivity index (χ1) is 8.66. The summed E-state index contributed by atoms with van der Waals surface area (Å²) in [6.45, 7) is 2.18. The third-order valence-corrected chi connectivity index (χ3v) is 3.55. The molecule has 2 heterocycles. The van der Waals surface area contributed by atoms with Crippen LogP contribution in [0.2, 0.25) is 5.02 Å². The molecule has 7 heteroatoms. The first kappa shape index (κ1) is 13.6. The van der Waals surface area contributed by atoms with E-state index >= 15 is 0 Å². The topological polar surface area (TPSA) is 51.1 Å². The third kappa shape index (κ3) is 3.57. The number of aryl methyl sites for hydroxylation is 1. The fourth-order valence-electron chi connectivity index (χ4n) is 1.87. The van der Waals surface area contributed by atoms with Gasteiger partial charge in [0.25, 0.3) is 0 Å². The van der Waals surface area contributed by atoms with Crippen molar-refractivity contribution in [2.75, 3.05) is 13.2 Å². The third-order valence-electron chi connectivity index (χ3n) is 2.94. The normalized spacial score (nSPS) is 18.9. The van der Waals surface area contributed by atoms with Gasteiger partial charge >= 0.3 is 0 Å². The molecule has 1 fully saturated rings. The molecule has 5 nitrogen and oxygen atoms in total. The number of aromatic nitrogens is 2. The zero-order valence-electron chi connectivity index (χ0n) is 10.3. The molecule has 2 rings (SSSR count). The molecular weight excluding hydrogens is 272 g/mol. The molecule has 1 aromatic rings. The van der Waals surface area contributed by atoms with Crippen molar-refractivity contribution in [3.05, 3.63) is 16.9 Å². The maximum atomic E-state index is 6.00. The minimum absolute atomic E-state index is 0.282. The van der Waals surface area contributed by atoms with Crippen LogP contribution < -0.4 is 10.6 Å². The molecule has 1 aliphatic heterocycles. The van der Waals surface area contributed by atoms with Gasteiger partial charge in [0.05, 0.1) is 29.6 Å². The highest BCUT2D eigenvalue weighted by molar-refractivity contribution is 7.80. The van der Waals surface area contributed by atoms with Gasteiger partial charge in [-0.05, 0) is 25.1 Å². The van der Waals surface area contributed by atoms with Crippen molar-refractivity contribution in [1.82, 2.24) is 20.4 Å². The number of rotatable bonds is 4. The summed E-state index contributed by atoms with van der Waals surface area (Å²) in [5, 5.41) is 11.6. The zero-order chi connectivity index (χ0) is 13.0. The minimum Gasteiger partial charge on any atom is -0.376 e. The lowest BCUT2D eigenvalue weighted by Gasteiger charge is -2.14. The van der Waals surface area contributed by atoms with E-state index in [4.69, 9.17) is 28.6 Å². The summed E-state index contributed by atoms with van der Waals surface area (Å²) in [5.41, 5.74) is 0.915. The Balaban J connectivity index is 1.71. The Morgan fingerprint density at radius 1 is 1.67 bits per heavy atom. The van der Waals surface area contributed by atoms with Gasteiger partial charge in [-0.25, -0.2) is 0 Å². The molecule has 0 spiro atoms. The van der Waals surface area contributed by atoms with Crippen LogP contribution in [0.15, 0.2) is 6.20 Å². The van der Waals surface area contributed by atoms with Gasteiger partial charge in [-0.15, -0.1) is 0 Å². The Bertz CT molecular complexity index is 398. The molecule has 0 aromatic carbocycles. The standard InChI is InChI=1S/C11H17ClN4OS/c1-16-10(9(12)6-15-16)7-14-11(18)13-5-8-3-2-4-17-8/h6,8H,2-5,7H2,1H3,(H2,13,14,18). The number of hydrogen-bond donors (Lipinski definition) is 2. The average Bonchev–Trinajstić information content (AvgIpc) is 2.96. The Morgan fingerprint density at radius 3 is 3.11 bits per heavy atom. The van der Waals surface area contributed by atoms with Crippen LogP contribution >= 0.6 is 23.8 Å². The second-order valence-corrected chi connectivity index (χ2v) is 5.08. The van der Waals surface area contributed by atoms with Crippen LogP contribution in [0.5, 0.6) is 0 Å². The molecule has 0 amide bonds. The smallest absolute Gasteiger partial charge is 0.166 e. The lowest BCUT2D eigenvalue weighted by Crippen LogP contribution is -2.39. The van der Waals surface area contributed by atoms with Crippen molar-refractivity contribution >= 4 is 28.9 Å². The van der Waals surface area contributed by atoms with E-state index < -0.39 is 0 Å². The van der Waals surface area contributed by atoms with Gasteiger partial charge in [-0.3, -0.25) is 4.68 Å². The van der Waals surface area contributed by atoms with E-state index in [1.165, 1.54) is 0 Å². The van der Waals surface area contributed by atoms with Gasteiger partial charge < -0.3 is 15.4 Å². The second-order valence-electron chi connectivity index (χ2n) is 4.26. The van der Waals surface area contributed by atoms with E-state index in [0.29, 0.717) is 16.7 Å². The van der Waals surface area contributed by atoms with Gasteiger partial charge in [-0.1, -0.05) is 11.6 Å². The molecule has 1 atom stereocenters. The van der Waals surface area contributed by atoms with Crippen molar-refractivity contribution in [2.24, 2.45) is 7.05 Å². The predicted octanol–water partition coefficient (Wildman–Crippen LogP) is 1.22. The molecule has 1 unspecified atom stereocenters. The zero-order valence-corrected chi connectivity index (χ0v) is 11.9. The first-order valence-corrected chi connectivity index (χ1v) is 6.75. The van der Waals surface area contributed by atoms with E-state index in [1.807, 2.05) is 7.05 Å². The number of nitrogens with one attached hydrogen (secondary N) is 2. The van der Waals surface area contributed by atoms with Crippen molar-refractivity contribution in [3.8, 4) is 0 Å². The number of thiocarbonyl (C=S) groups is 1. The SMILES string of the molecule is Cn1ncc(Cl)c1CNC(=S)NCC1CCCO1. The van der Waals surface area contributed by atoms with Gasteiger partial charge in [0.15, 0.2) is 5.11 Å². The van der Waals surface area contributed by atoms with Crippen LogP contribution in [0.1, 0.15) is 18.5 Å². The second kappa shape index (κ2) is 6.36. The fourth-order valence-corrected chi connectivity index (χ4v) is 2.26. The number of halogens is 1. The molecule has 0 aliphatic carbocycles. The average molecular weight is 289 g/mol. The molecule has 0 saturated carbocycles. The predicted molar refractivity (Wildman–Crippen MR) is 74.6 cm³/mol. The van der Waals surface area contributed by atoms with E-state index in [9.17, 15) is 0 Å². The molecule has 0 bridgehead atoms. The van der Waals surface area contributed by atoms with Crippen LogP contribution in [0.25, 0.3) is 0 Å². The Kier molecular flexibility index (Phi) is 4.79. The quantitative estimate of drug-likeness (QED) is 0.816. The molecule has 1 saturated heterocycles. The van der Waals surface area contributed by atoms with Gasteiger partial charge in [-0.2, -0.15) is 5.10 Å². The monoisotopic (exact) mass is 288 g/mol. The fraction of sp³-hybridized carbons (Fsp3) is 0.636. The number of hydrogen-bond acceptors (Lipinski definition) is 3. The summed E-state index contributed by atoms with van der Waals surface area (Å²) in [7, 11) is 1.85. The largest absolute Gasteiger partial charge is 0.376 e. The first-order valence-electron chi connectivity index (χ1n) is 5.96. The van der Waals surface area contributed by atoms with Gasteiger partial charge in [0.2, 0.25) is 0 Å². The van der Waals surface area contributed by atoms with Crippen LogP contribution in [0.3, 0.4) is 0 Å². The van der Waals surface area contributed by atoms with Crippen LogP contribution in [0, 0.1) is 0 Å². The van der Waals surface area contributed by atoms with E-state index in [-0.39, 0.29) is 6.10 Å². The van der Waals surface area contributed by atoms with E-state index in [1.54, 1.807) is 10.9 Å². The molecule has 2 N–H and O–H groups in total. The lowest BCUT2D eigenvalue weighted by atomic mass is 10.2. The Hall–Kier alpha value is -0.850. The molecule has 1 aliphatic rings. The van der Waals surface area contributed by atoms with Gasteiger partial charge in [0, 0.05) is 20.2 Å². The Morgan fingerprint density at radius 2 is 2.50 bits per heavy atom. The van der Waals surface area contributed by atoms with Crippen LogP contribution in [0.4, 0.5) is 0 Å². The molecule has 18 heavy (non-hydrogen) atoms. The van der Waals surface area contributed by atoms with E-state index in [0.717, 1.165) is 31.7 Å². The molecule has 0 radical (unpaired) electrons. The van der Waals surface area contributed by atoms with Crippen molar-refractivity contribution in [2.45, 2.75) is 25.5 Å². The maximum Gasteiger partial charge on any atom is 0.166 e. The highest BCUT2D eigenvalue weighted by atomic mass is 35.5. The number of nitrogens with zero attached hydrogens (tertiary/aromatic N) is 2. The summed E-state index contributed by atoms with van der Waals surface area (Å²) in [4.78, 5) is 0.